The Morgan fingerprint density at radius 2 is 2.16 bits per heavy atom. The third kappa shape index (κ3) is 7.91. The Kier molecular flexibility index (Phi) is 10.4. The highest BCUT2D eigenvalue weighted by atomic mass is 16.5. The largest absolute Gasteiger partial charge is 0.488 e. The van der Waals surface area contributed by atoms with Crippen molar-refractivity contribution in [1.29, 1.82) is 0 Å². The Morgan fingerprint density at radius 3 is 2.89 bits per heavy atom. The topological polar surface area (TPSA) is 138 Å². The Bertz CT molecular complexity index is 1230. The summed E-state index contributed by atoms with van der Waals surface area (Å²) in [7, 11) is 3.28. The smallest absolute Gasteiger partial charge is 0.407 e. The summed E-state index contributed by atoms with van der Waals surface area (Å²) in [5.74, 6) is 1.73. The Hall–Kier alpha value is -4.17. The number of aryl methyl sites for hydroxylation is 1. The number of carbonyl (C=O) groups is 2. The number of amides is 1. The van der Waals surface area contributed by atoms with Gasteiger partial charge < -0.3 is 24.6 Å². The number of pyridine rings is 1. The molecular weight excluding hydrogens is 490 g/mol. The zero-order valence-corrected chi connectivity index (χ0v) is 21.8. The summed E-state index contributed by atoms with van der Waals surface area (Å²) in [6, 6.07) is 3.54. The quantitative estimate of drug-likeness (QED) is 0.335. The highest BCUT2D eigenvalue weighted by molar-refractivity contribution is 5.70. The highest BCUT2D eigenvalue weighted by Gasteiger charge is 2.29. The number of methoxy groups -OCH3 is 1. The lowest BCUT2D eigenvalue weighted by molar-refractivity contribution is -0.143. The number of ether oxygens (including phenoxy) is 3. The van der Waals surface area contributed by atoms with Crippen LogP contribution < -0.4 is 10.1 Å². The number of carboxylic acids is 1. The van der Waals surface area contributed by atoms with E-state index in [2.05, 4.69) is 21.5 Å². The summed E-state index contributed by atoms with van der Waals surface area (Å²) in [6.07, 6.45) is 12.1. The molecule has 1 saturated carbocycles. The van der Waals surface area contributed by atoms with Crippen LogP contribution in [0, 0.1) is 18.3 Å². The van der Waals surface area contributed by atoms with Gasteiger partial charge in [0.2, 0.25) is 0 Å². The number of terminal acetylenes is 1. The maximum Gasteiger partial charge on any atom is 0.407 e. The summed E-state index contributed by atoms with van der Waals surface area (Å²) in [5, 5.41) is 20.4. The molecule has 0 unspecified atom stereocenters. The molecule has 1 aliphatic rings. The van der Waals surface area contributed by atoms with Crippen molar-refractivity contribution in [3.05, 3.63) is 47.3 Å². The van der Waals surface area contributed by atoms with E-state index in [9.17, 15) is 14.7 Å². The standard InChI is InChI=1S/C27H33N5O6/c1-5-6-7-9-18(2)16-37-27(35)28-15-23-25(30-31-32(23)3)21-12-13-24(22(29-21)17-36-4)38-20-11-8-10-19(14-20)26(33)34/h1,6-7,9,12-13,19-20H,8,10-11,14-17H2,2-4H3,(H,28,35)(H,33,34)/b7-6-,18-9+/t19-,20-/m0/s1. The number of hydrogen-bond donors (Lipinski definition) is 2. The molecule has 2 heterocycles. The van der Waals surface area contributed by atoms with E-state index < -0.39 is 18.0 Å². The zero-order chi connectivity index (χ0) is 27.5. The van der Waals surface area contributed by atoms with Gasteiger partial charge in [-0.3, -0.25) is 4.79 Å². The van der Waals surface area contributed by atoms with Gasteiger partial charge in [0.25, 0.3) is 0 Å². The highest BCUT2D eigenvalue weighted by Crippen LogP contribution is 2.31. The lowest BCUT2D eigenvalue weighted by atomic mass is 9.87. The number of nitrogens with zero attached hydrogens (tertiary/aromatic N) is 4. The molecule has 1 amide bonds. The van der Waals surface area contributed by atoms with Gasteiger partial charge >= 0.3 is 12.1 Å². The number of alkyl carbamates (subject to hydrolysis) is 1. The van der Waals surface area contributed by atoms with Crippen molar-refractivity contribution in [2.45, 2.75) is 51.9 Å². The Labute approximate surface area is 221 Å². The van der Waals surface area contributed by atoms with Gasteiger partial charge in [-0.15, -0.1) is 11.5 Å². The van der Waals surface area contributed by atoms with Crippen molar-refractivity contribution >= 4 is 12.1 Å². The number of allylic oxidation sites excluding steroid dienone is 3. The molecular formula is C27H33N5O6. The molecule has 2 aromatic rings. The van der Waals surface area contributed by atoms with Gasteiger partial charge in [0.1, 0.15) is 23.7 Å². The molecule has 11 heteroatoms. The van der Waals surface area contributed by atoms with Crippen LogP contribution in [0.15, 0.2) is 35.9 Å². The maximum atomic E-state index is 12.2. The molecule has 0 saturated heterocycles. The minimum absolute atomic E-state index is 0.120. The Balaban J connectivity index is 1.70. The average Bonchev–Trinajstić information content (AvgIpc) is 3.27. The van der Waals surface area contributed by atoms with E-state index in [0.717, 1.165) is 18.4 Å². The van der Waals surface area contributed by atoms with Gasteiger partial charge in [0.15, 0.2) is 0 Å². The first kappa shape index (κ1) is 28.4. The number of rotatable bonds is 11. The third-order valence-corrected chi connectivity index (χ3v) is 6.07. The summed E-state index contributed by atoms with van der Waals surface area (Å²) < 4.78 is 18.3. The van der Waals surface area contributed by atoms with E-state index >= 15 is 0 Å². The van der Waals surface area contributed by atoms with E-state index in [0.29, 0.717) is 41.4 Å². The molecule has 202 valence electrons. The molecule has 2 N–H and O–H groups in total. The monoisotopic (exact) mass is 523 g/mol. The first-order chi connectivity index (χ1) is 18.3. The SMILES string of the molecule is C#C/C=C\C=C(/C)COC(=O)NCc1c(-c2ccc(O[C@H]3CCC[C@H](C(=O)O)C3)c(COC)n2)nnn1C. The summed E-state index contributed by atoms with van der Waals surface area (Å²) in [5.41, 5.74) is 3.06. The van der Waals surface area contributed by atoms with Crippen molar-refractivity contribution in [3.8, 4) is 29.5 Å². The maximum absolute atomic E-state index is 12.2. The van der Waals surface area contributed by atoms with Crippen LogP contribution in [0.3, 0.4) is 0 Å². The third-order valence-electron chi connectivity index (χ3n) is 6.07. The molecule has 2 aromatic heterocycles. The number of aromatic nitrogens is 4. The van der Waals surface area contributed by atoms with Crippen LogP contribution >= 0.6 is 0 Å². The minimum atomic E-state index is -0.791. The molecule has 0 aromatic carbocycles. The van der Waals surface area contributed by atoms with E-state index in [1.807, 2.05) is 6.92 Å². The molecule has 0 aliphatic heterocycles. The van der Waals surface area contributed by atoms with Crippen molar-refractivity contribution in [1.82, 2.24) is 25.3 Å². The number of carboxylic acid groups (broad SMARTS) is 1. The van der Waals surface area contributed by atoms with Crippen LogP contribution in [0.25, 0.3) is 11.4 Å². The van der Waals surface area contributed by atoms with Gasteiger partial charge in [-0.25, -0.2) is 14.5 Å². The van der Waals surface area contributed by atoms with Crippen LogP contribution in [-0.4, -0.2) is 57.0 Å². The molecule has 11 nitrogen and oxygen atoms in total. The van der Waals surface area contributed by atoms with Crippen molar-refractivity contribution in [3.63, 3.8) is 0 Å². The first-order valence-corrected chi connectivity index (χ1v) is 12.3. The second kappa shape index (κ2) is 13.9. The van der Waals surface area contributed by atoms with Crippen LogP contribution in [0.5, 0.6) is 5.75 Å². The van der Waals surface area contributed by atoms with E-state index in [4.69, 9.17) is 25.6 Å². The number of carbonyl (C=O) groups excluding carboxylic acids is 1. The predicted molar refractivity (Wildman–Crippen MR) is 139 cm³/mol. The van der Waals surface area contributed by atoms with E-state index in [-0.39, 0.29) is 25.9 Å². The lowest BCUT2D eigenvalue weighted by Gasteiger charge is -2.28. The molecule has 1 fully saturated rings. The molecule has 1 aliphatic carbocycles. The van der Waals surface area contributed by atoms with Gasteiger partial charge in [0, 0.05) is 14.2 Å². The molecule has 0 spiro atoms. The summed E-state index contributed by atoms with van der Waals surface area (Å²) in [4.78, 5) is 28.3. The summed E-state index contributed by atoms with van der Waals surface area (Å²) in [6.45, 7) is 2.26. The van der Waals surface area contributed by atoms with E-state index in [1.165, 1.54) is 0 Å². The van der Waals surface area contributed by atoms with Gasteiger partial charge in [0.05, 0.1) is 36.6 Å². The lowest BCUT2D eigenvalue weighted by Crippen LogP contribution is -2.29. The van der Waals surface area contributed by atoms with Crippen molar-refractivity contribution < 1.29 is 28.9 Å². The van der Waals surface area contributed by atoms with Crippen molar-refractivity contribution in [2.24, 2.45) is 13.0 Å². The van der Waals surface area contributed by atoms with Gasteiger partial charge in [-0.2, -0.15) is 0 Å². The molecule has 3 rings (SSSR count). The number of nitrogens with one attached hydrogen (secondary N) is 1. The van der Waals surface area contributed by atoms with E-state index in [1.54, 1.807) is 49.2 Å². The fraction of sp³-hybridized carbons (Fsp3) is 0.444. The van der Waals surface area contributed by atoms with Crippen molar-refractivity contribution in [2.75, 3.05) is 13.7 Å². The minimum Gasteiger partial charge on any atom is -0.488 e. The molecule has 0 radical (unpaired) electrons. The number of aliphatic carboxylic acids is 1. The predicted octanol–water partition coefficient (Wildman–Crippen LogP) is 3.41. The first-order valence-electron chi connectivity index (χ1n) is 12.3. The van der Waals surface area contributed by atoms with Gasteiger partial charge in [-0.1, -0.05) is 23.3 Å². The van der Waals surface area contributed by atoms with Crippen LogP contribution in [0.2, 0.25) is 0 Å². The Morgan fingerprint density at radius 1 is 1.34 bits per heavy atom. The fourth-order valence-electron chi connectivity index (χ4n) is 4.10. The molecule has 38 heavy (non-hydrogen) atoms. The molecule has 2 atom stereocenters. The fourth-order valence-corrected chi connectivity index (χ4v) is 4.10. The average molecular weight is 524 g/mol. The van der Waals surface area contributed by atoms with Crippen LogP contribution in [0.1, 0.15) is 44.0 Å². The van der Waals surface area contributed by atoms with Crippen LogP contribution in [-0.2, 0) is 34.5 Å². The molecule has 0 bridgehead atoms. The van der Waals surface area contributed by atoms with Gasteiger partial charge in [-0.05, 0) is 56.4 Å². The summed E-state index contributed by atoms with van der Waals surface area (Å²) >= 11 is 0. The van der Waals surface area contributed by atoms with Crippen LogP contribution in [0.4, 0.5) is 4.79 Å². The second-order valence-electron chi connectivity index (χ2n) is 8.99. The normalized spacial score (nSPS) is 17.7. The number of hydrogen-bond acceptors (Lipinski definition) is 8. The second-order valence-corrected chi connectivity index (χ2v) is 8.99. The zero-order valence-electron chi connectivity index (χ0n) is 21.8.